The SMILES string of the molecule is Cc1ccccc1C1=NC(c2ccc(-c3ccc(C(=O)O)cc3)cc2)CC1. The molecule has 0 radical (unpaired) electrons. The van der Waals surface area contributed by atoms with Crippen LogP contribution in [0.5, 0.6) is 0 Å². The summed E-state index contributed by atoms with van der Waals surface area (Å²) in [6.45, 7) is 2.13. The predicted molar refractivity (Wildman–Crippen MR) is 109 cm³/mol. The van der Waals surface area contributed by atoms with Crippen molar-refractivity contribution in [2.45, 2.75) is 25.8 Å². The quantitative estimate of drug-likeness (QED) is 0.654. The molecule has 0 fully saturated rings. The molecular formula is C24H21NO2. The number of aliphatic imine (C=N–C) groups is 1. The molecule has 0 amide bonds. The molecule has 4 rings (SSSR count). The number of carbonyl (C=O) groups is 1. The lowest BCUT2D eigenvalue weighted by Gasteiger charge is -2.09. The molecule has 1 aliphatic rings. The molecule has 3 nitrogen and oxygen atoms in total. The van der Waals surface area contributed by atoms with Crippen LogP contribution in [-0.4, -0.2) is 16.8 Å². The maximum absolute atomic E-state index is 11.0. The molecule has 0 aliphatic carbocycles. The van der Waals surface area contributed by atoms with Crippen molar-refractivity contribution in [2.24, 2.45) is 4.99 Å². The molecule has 3 aromatic carbocycles. The van der Waals surface area contributed by atoms with Gasteiger partial charge in [-0.1, -0.05) is 60.7 Å². The summed E-state index contributed by atoms with van der Waals surface area (Å²) in [5, 5.41) is 9.01. The van der Waals surface area contributed by atoms with Crippen molar-refractivity contribution in [1.29, 1.82) is 0 Å². The molecule has 0 spiro atoms. The molecule has 1 heterocycles. The van der Waals surface area contributed by atoms with E-state index in [-0.39, 0.29) is 6.04 Å². The fourth-order valence-electron chi connectivity index (χ4n) is 3.64. The summed E-state index contributed by atoms with van der Waals surface area (Å²) in [4.78, 5) is 16.0. The molecule has 1 atom stereocenters. The Morgan fingerprint density at radius 2 is 1.56 bits per heavy atom. The lowest BCUT2D eigenvalue weighted by Crippen LogP contribution is -1.98. The van der Waals surface area contributed by atoms with E-state index < -0.39 is 5.97 Å². The van der Waals surface area contributed by atoms with Crippen molar-refractivity contribution in [3.8, 4) is 11.1 Å². The van der Waals surface area contributed by atoms with E-state index in [1.54, 1.807) is 12.1 Å². The number of hydrogen-bond acceptors (Lipinski definition) is 2. The Morgan fingerprint density at radius 1 is 0.926 bits per heavy atom. The number of hydrogen-bond donors (Lipinski definition) is 1. The largest absolute Gasteiger partial charge is 0.478 e. The number of rotatable bonds is 4. The monoisotopic (exact) mass is 355 g/mol. The van der Waals surface area contributed by atoms with Gasteiger partial charge in [0.1, 0.15) is 0 Å². The normalized spacial score (nSPS) is 16.2. The van der Waals surface area contributed by atoms with E-state index in [0.717, 1.165) is 24.0 Å². The summed E-state index contributed by atoms with van der Waals surface area (Å²) in [7, 11) is 0. The highest BCUT2D eigenvalue weighted by molar-refractivity contribution is 6.02. The van der Waals surface area contributed by atoms with E-state index in [1.807, 2.05) is 12.1 Å². The van der Waals surface area contributed by atoms with Crippen LogP contribution in [0.15, 0.2) is 77.8 Å². The Balaban J connectivity index is 1.54. The molecule has 27 heavy (non-hydrogen) atoms. The van der Waals surface area contributed by atoms with Crippen LogP contribution in [0.4, 0.5) is 0 Å². The van der Waals surface area contributed by atoms with Gasteiger partial charge in [-0.2, -0.15) is 0 Å². The van der Waals surface area contributed by atoms with Gasteiger partial charge in [-0.25, -0.2) is 4.79 Å². The Hall–Kier alpha value is -3.20. The minimum absolute atomic E-state index is 0.211. The summed E-state index contributed by atoms with van der Waals surface area (Å²) in [5.41, 5.74) is 7.36. The zero-order valence-electron chi connectivity index (χ0n) is 15.2. The van der Waals surface area contributed by atoms with Gasteiger partial charge in [0, 0.05) is 5.71 Å². The molecule has 0 bridgehead atoms. The van der Waals surface area contributed by atoms with Crippen LogP contribution in [-0.2, 0) is 0 Å². The van der Waals surface area contributed by atoms with E-state index in [4.69, 9.17) is 10.1 Å². The van der Waals surface area contributed by atoms with Crippen molar-refractivity contribution in [3.05, 3.63) is 95.1 Å². The topological polar surface area (TPSA) is 49.7 Å². The van der Waals surface area contributed by atoms with Crippen molar-refractivity contribution in [2.75, 3.05) is 0 Å². The van der Waals surface area contributed by atoms with Crippen molar-refractivity contribution >= 4 is 11.7 Å². The first-order chi connectivity index (χ1) is 13.1. The third-order valence-corrected chi connectivity index (χ3v) is 5.18. The second-order valence-electron chi connectivity index (χ2n) is 6.95. The summed E-state index contributed by atoms with van der Waals surface area (Å²) in [5.74, 6) is -0.902. The lowest BCUT2D eigenvalue weighted by atomic mass is 9.98. The Morgan fingerprint density at radius 3 is 2.19 bits per heavy atom. The van der Waals surface area contributed by atoms with Gasteiger partial charge in [0.05, 0.1) is 11.6 Å². The third kappa shape index (κ3) is 3.54. The summed E-state index contributed by atoms with van der Waals surface area (Å²) in [6.07, 6.45) is 2.05. The smallest absolute Gasteiger partial charge is 0.335 e. The van der Waals surface area contributed by atoms with E-state index in [9.17, 15) is 4.79 Å². The van der Waals surface area contributed by atoms with Crippen molar-refractivity contribution < 1.29 is 9.90 Å². The third-order valence-electron chi connectivity index (χ3n) is 5.18. The van der Waals surface area contributed by atoms with Gasteiger partial charge >= 0.3 is 5.97 Å². The van der Waals surface area contributed by atoms with Gasteiger partial charge in [-0.05, 0) is 59.7 Å². The number of carboxylic acids is 1. The highest BCUT2D eigenvalue weighted by Crippen LogP contribution is 2.33. The van der Waals surface area contributed by atoms with Gasteiger partial charge in [-0.3, -0.25) is 4.99 Å². The summed E-state index contributed by atoms with van der Waals surface area (Å²) < 4.78 is 0. The van der Waals surface area contributed by atoms with Crippen LogP contribution in [0.3, 0.4) is 0 Å². The van der Waals surface area contributed by atoms with Crippen molar-refractivity contribution in [3.63, 3.8) is 0 Å². The second-order valence-corrected chi connectivity index (χ2v) is 6.95. The van der Waals surface area contributed by atoms with Gasteiger partial charge in [0.25, 0.3) is 0 Å². The minimum atomic E-state index is -0.902. The van der Waals surface area contributed by atoms with E-state index in [1.165, 1.54) is 22.4 Å². The molecule has 1 unspecified atom stereocenters. The zero-order chi connectivity index (χ0) is 18.8. The Kier molecular flexibility index (Phi) is 4.59. The van der Waals surface area contributed by atoms with Crippen LogP contribution >= 0.6 is 0 Å². The molecule has 134 valence electrons. The first kappa shape index (κ1) is 17.2. The van der Waals surface area contributed by atoms with Gasteiger partial charge in [0.2, 0.25) is 0 Å². The van der Waals surface area contributed by atoms with E-state index >= 15 is 0 Å². The molecule has 3 heteroatoms. The maximum atomic E-state index is 11.0. The molecular weight excluding hydrogens is 334 g/mol. The molecule has 0 aromatic heterocycles. The fraction of sp³-hybridized carbons (Fsp3) is 0.167. The highest BCUT2D eigenvalue weighted by atomic mass is 16.4. The van der Waals surface area contributed by atoms with Crippen LogP contribution in [0.25, 0.3) is 11.1 Å². The lowest BCUT2D eigenvalue weighted by molar-refractivity contribution is 0.0697. The molecule has 0 saturated heterocycles. The molecule has 1 aliphatic heterocycles. The average Bonchev–Trinajstić information content (AvgIpc) is 3.18. The average molecular weight is 355 g/mol. The summed E-state index contributed by atoms with van der Waals surface area (Å²) >= 11 is 0. The van der Waals surface area contributed by atoms with Crippen LogP contribution in [0.1, 0.15) is 45.9 Å². The van der Waals surface area contributed by atoms with Crippen LogP contribution < -0.4 is 0 Å². The number of benzene rings is 3. The number of carboxylic acid groups (broad SMARTS) is 1. The molecule has 3 aromatic rings. The standard InChI is InChI=1S/C24H21NO2/c1-16-4-2-3-5-21(16)23-15-14-22(25-23)19-10-6-17(7-11-19)18-8-12-20(13-9-18)24(26)27/h2-13,22H,14-15H2,1H3,(H,26,27). The summed E-state index contributed by atoms with van der Waals surface area (Å²) in [6, 6.07) is 24.1. The molecule has 1 N–H and O–H groups in total. The predicted octanol–water partition coefficient (Wildman–Crippen LogP) is 5.68. The van der Waals surface area contributed by atoms with E-state index in [0.29, 0.717) is 5.56 Å². The van der Waals surface area contributed by atoms with Crippen LogP contribution in [0, 0.1) is 6.92 Å². The second kappa shape index (κ2) is 7.20. The van der Waals surface area contributed by atoms with Crippen LogP contribution in [0.2, 0.25) is 0 Å². The number of aryl methyl sites for hydroxylation is 1. The zero-order valence-corrected chi connectivity index (χ0v) is 15.2. The number of aromatic carboxylic acids is 1. The number of nitrogens with zero attached hydrogens (tertiary/aromatic N) is 1. The minimum Gasteiger partial charge on any atom is -0.478 e. The van der Waals surface area contributed by atoms with Gasteiger partial charge < -0.3 is 5.11 Å². The Bertz CT molecular complexity index is 1000. The maximum Gasteiger partial charge on any atom is 0.335 e. The van der Waals surface area contributed by atoms with Gasteiger partial charge in [0.15, 0.2) is 0 Å². The highest BCUT2D eigenvalue weighted by Gasteiger charge is 2.21. The first-order valence-corrected chi connectivity index (χ1v) is 9.18. The fourth-order valence-corrected chi connectivity index (χ4v) is 3.64. The Labute approximate surface area is 159 Å². The van der Waals surface area contributed by atoms with E-state index in [2.05, 4.69) is 55.5 Å². The molecule has 0 saturated carbocycles. The van der Waals surface area contributed by atoms with Crippen molar-refractivity contribution in [1.82, 2.24) is 0 Å². The first-order valence-electron chi connectivity index (χ1n) is 9.18. The van der Waals surface area contributed by atoms with Gasteiger partial charge in [-0.15, -0.1) is 0 Å².